The van der Waals surface area contributed by atoms with Gasteiger partial charge < -0.3 is 14.4 Å². The fraction of sp³-hybridized carbons (Fsp3) is 0.426. The number of fused-ring (bicyclic) bond motifs is 6. The summed E-state index contributed by atoms with van der Waals surface area (Å²) in [6, 6.07) is 26.7. The molecule has 0 amide bonds. The zero-order chi connectivity index (χ0) is 41.7. The van der Waals surface area contributed by atoms with E-state index >= 15 is 0 Å². The topological polar surface area (TPSA) is 51.8 Å². The second-order valence-corrected chi connectivity index (χ2v) is 21.1. The molecule has 277 valence electrons. The Balaban J connectivity index is 0.000000187. The first-order valence-corrected chi connectivity index (χ1v) is 22.7. The molecule has 0 spiro atoms. The summed E-state index contributed by atoms with van der Waals surface area (Å²) in [5, 5.41) is 2.68. The van der Waals surface area contributed by atoms with Gasteiger partial charge in [0.2, 0.25) is 5.71 Å². The Kier molecular flexibility index (Phi) is 9.30. The summed E-state index contributed by atoms with van der Waals surface area (Å²) in [6.45, 7) is 4.51. The molecule has 6 aromatic rings. The average molecular weight is 903 g/mol. The summed E-state index contributed by atoms with van der Waals surface area (Å²) in [5.41, 5.74) is 5.25. The van der Waals surface area contributed by atoms with Crippen molar-refractivity contribution < 1.29 is 34.1 Å². The summed E-state index contributed by atoms with van der Waals surface area (Å²) in [6.07, 6.45) is 12.1. The van der Waals surface area contributed by atoms with Crippen LogP contribution in [0.15, 0.2) is 83.5 Å². The molecule has 4 saturated carbocycles. The molecule has 2 aromatic carbocycles. The first kappa shape index (κ1) is 29.9. The van der Waals surface area contributed by atoms with Crippen LogP contribution in [0.25, 0.3) is 44.6 Å². The number of furan rings is 1. The Morgan fingerprint density at radius 3 is 2.43 bits per heavy atom. The van der Waals surface area contributed by atoms with Crippen LogP contribution in [0.2, 0.25) is 19.6 Å². The van der Waals surface area contributed by atoms with Crippen molar-refractivity contribution >= 4 is 35.3 Å². The molecule has 1 radical (unpaired) electrons. The van der Waals surface area contributed by atoms with Crippen molar-refractivity contribution in [2.24, 2.45) is 23.7 Å². The maximum Gasteiger partial charge on any atom is 0.216 e. The third-order valence-electron chi connectivity index (χ3n) is 11.4. The van der Waals surface area contributed by atoms with Gasteiger partial charge >= 0.3 is 0 Å². The van der Waals surface area contributed by atoms with Gasteiger partial charge in [0.15, 0.2) is 0 Å². The molecule has 1 unspecified atom stereocenters. The van der Waals surface area contributed by atoms with Gasteiger partial charge in [-0.1, -0.05) is 98.8 Å². The maximum atomic E-state index is 9.05. The maximum absolute atomic E-state index is 9.05. The molecular formula is C47H53IrN3OSi-2. The van der Waals surface area contributed by atoms with E-state index in [1.807, 2.05) is 48.7 Å². The molecule has 4 fully saturated rings. The van der Waals surface area contributed by atoms with E-state index in [0.29, 0.717) is 34.2 Å². The molecule has 0 saturated heterocycles. The van der Waals surface area contributed by atoms with Crippen molar-refractivity contribution in [3.05, 3.63) is 108 Å². The number of aromatic nitrogens is 3. The second-order valence-electron chi connectivity index (χ2n) is 16.1. The average Bonchev–Trinajstić information content (AvgIpc) is 3.62. The van der Waals surface area contributed by atoms with Gasteiger partial charge in [-0.2, -0.15) is 0 Å². The largest absolute Gasteiger partial charge is 0.486 e. The van der Waals surface area contributed by atoms with Crippen LogP contribution >= 0.6 is 0 Å². The van der Waals surface area contributed by atoms with Crippen molar-refractivity contribution in [1.82, 2.24) is 15.0 Å². The first-order valence-electron chi connectivity index (χ1n) is 22.7. The number of hydrogen-bond acceptors (Lipinski definition) is 4. The summed E-state index contributed by atoms with van der Waals surface area (Å²) < 4.78 is 65.0. The quantitative estimate of drug-likeness (QED) is 0.118. The van der Waals surface area contributed by atoms with Crippen molar-refractivity contribution in [1.29, 1.82) is 0 Å². The molecule has 4 nitrogen and oxygen atoms in total. The number of nitrogens with zero attached hydrogens (tertiary/aromatic N) is 3. The molecule has 53 heavy (non-hydrogen) atoms. The Labute approximate surface area is 340 Å². The molecule has 1 atom stereocenters. The minimum absolute atomic E-state index is 0. The summed E-state index contributed by atoms with van der Waals surface area (Å²) in [7, 11) is -1.69. The van der Waals surface area contributed by atoms with Crippen LogP contribution < -0.4 is 5.19 Å². The van der Waals surface area contributed by atoms with Gasteiger partial charge in [0, 0.05) is 53.2 Å². The minimum atomic E-state index is -2.32. The Hall–Kier alpha value is -3.44. The summed E-state index contributed by atoms with van der Waals surface area (Å²) in [5.74, 6) is 1.24. The van der Waals surface area contributed by atoms with Gasteiger partial charge in [-0.25, -0.2) is 4.98 Å². The minimum Gasteiger partial charge on any atom is -0.486 e. The van der Waals surface area contributed by atoms with Crippen LogP contribution in [0.5, 0.6) is 0 Å². The van der Waals surface area contributed by atoms with Crippen LogP contribution in [-0.2, 0) is 32.9 Å². The van der Waals surface area contributed by atoms with E-state index in [2.05, 4.69) is 46.7 Å². The number of benzene rings is 2. The molecular weight excluding hydrogens is 843 g/mol. The fourth-order valence-corrected chi connectivity index (χ4v) is 9.98. The molecule has 0 aliphatic heterocycles. The Morgan fingerprint density at radius 1 is 0.849 bits per heavy atom. The van der Waals surface area contributed by atoms with Crippen molar-refractivity contribution in [2.75, 3.05) is 0 Å². The van der Waals surface area contributed by atoms with Gasteiger partial charge in [0.25, 0.3) is 0 Å². The molecule has 4 aromatic heterocycles. The predicted molar refractivity (Wildman–Crippen MR) is 217 cm³/mol. The normalized spacial score (nSPS) is 22.9. The van der Waals surface area contributed by atoms with Crippen LogP contribution in [-0.4, -0.2) is 23.0 Å². The van der Waals surface area contributed by atoms with E-state index in [4.69, 9.17) is 14.0 Å². The van der Waals surface area contributed by atoms with E-state index in [9.17, 15) is 0 Å². The Morgan fingerprint density at radius 2 is 1.70 bits per heavy atom. The Bertz CT molecular complexity index is 2440. The van der Waals surface area contributed by atoms with Gasteiger partial charge in [-0.05, 0) is 97.3 Å². The fourth-order valence-electron chi connectivity index (χ4n) is 8.58. The third kappa shape index (κ3) is 8.61. The third-order valence-corrected chi connectivity index (χ3v) is 13.4. The summed E-state index contributed by atoms with van der Waals surface area (Å²) in [4.78, 5) is 13.4. The zero-order valence-corrected chi connectivity index (χ0v) is 34.4. The van der Waals surface area contributed by atoms with Crippen LogP contribution in [0.4, 0.5) is 0 Å². The van der Waals surface area contributed by atoms with E-state index in [0.717, 1.165) is 77.7 Å². The molecule has 4 aliphatic carbocycles. The molecule has 10 rings (SSSR count). The van der Waals surface area contributed by atoms with E-state index in [-0.39, 0.29) is 43.3 Å². The number of hydrogen-bond donors (Lipinski definition) is 0. The summed E-state index contributed by atoms with van der Waals surface area (Å²) >= 11 is 0. The predicted octanol–water partition coefficient (Wildman–Crippen LogP) is 11.7. The van der Waals surface area contributed by atoms with Gasteiger partial charge in [0.05, 0.1) is 13.7 Å². The molecule has 0 N–H and O–H groups in total. The molecule has 4 aliphatic rings. The molecule has 4 heterocycles. The van der Waals surface area contributed by atoms with E-state index in [1.165, 1.54) is 25.3 Å². The number of rotatable bonds is 7. The standard InChI is InChI=1S/C26H25N2O.C21H28NSi.Ir/c1-16-5-10-22-21-3-2-4-23(25(21)29-26(22)28-16)24-15-18(11-12-27-24)14-20-13-17-6-8-19(20)9-7-17;1-23(2,3)21-16-22-20(18-12-8-5-9-13-18)15-19(21)14-17-10-6-4-7-11-17;/h2-3,5,10-12,15,17,19-20H,6-9,13-14H2,1H3;5,8-9,12,15-17H,4,6-7,10-11,14H2,1-3H3;/q2*-1;/i1D3,14D2;14D2;. The van der Waals surface area contributed by atoms with Gasteiger partial charge in [-0.15, -0.1) is 54.1 Å². The van der Waals surface area contributed by atoms with E-state index in [1.54, 1.807) is 24.4 Å². The van der Waals surface area contributed by atoms with Crippen LogP contribution in [0, 0.1) is 42.7 Å². The van der Waals surface area contributed by atoms with Crippen molar-refractivity contribution in [2.45, 2.75) is 103 Å². The van der Waals surface area contributed by atoms with Crippen molar-refractivity contribution in [3.8, 4) is 22.5 Å². The van der Waals surface area contributed by atoms with Crippen molar-refractivity contribution in [3.63, 3.8) is 0 Å². The van der Waals surface area contributed by atoms with Crippen LogP contribution in [0.3, 0.4) is 0 Å². The second kappa shape index (κ2) is 16.5. The molecule has 6 heteroatoms. The van der Waals surface area contributed by atoms with Crippen LogP contribution in [0.1, 0.15) is 90.6 Å². The number of aryl methyl sites for hydroxylation is 1. The monoisotopic (exact) mass is 903 g/mol. The van der Waals surface area contributed by atoms with Gasteiger partial charge in [-0.3, -0.25) is 0 Å². The SMILES string of the molecule is [2H]C([2H])([2H])c1ccc2c(n1)oc1c(-c3cc(C([2H])([2H])C4CC5CCC4CC5)ccn3)[c-]ccc12.[2H]C([2H])(c1cc(-c2[c-]cccc2)ncc1[Si](C)(C)C)C1CCCCC1.[Ir]. The number of pyridine rings is 3. The van der Waals surface area contributed by atoms with E-state index < -0.39 is 27.7 Å². The molecule has 2 bridgehead atoms. The smallest absolute Gasteiger partial charge is 0.216 e. The zero-order valence-electron chi connectivity index (χ0n) is 38.0. The van der Waals surface area contributed by atoms with Gasteiger partial charge in [0.1, 0.15) is 0 Å². The first-order chi connectivity index (χ1) is 28.0.